The summed E-state index contributed by atoms with van der Waals surface area (Å²) in [4.78, 5) is 12.8. The van der Waals surface area contributed by atoms with Crippen LogP contribution < -0.4 is 4.90 Å². The molecule has 168 valence electrons. The van der Waals surface area contributed by atoms with E-state index in [1.165, 1.54) is 71.7 Å². The van der Waals surface area contributed by atoms with Crippen LogP contribution in [0.25, 0.3) is 21.3 Å². The topological polar surface area (TPSA) is 29.0 Å². The number of aromatic nitrogens is 2. The molecule has 1 aliphatic heterocycles. The van der Waals surface area contributed by atoms with Crippen molar-refractivity contribution in [2.75, 3.05) is 18.0 Å². The molecule has 2 aliphatic rings. The van der Waals surface area contributed by atoms with Crippen LogP contribution in [0.4, 0.5) is 5.82 Å². The molecular formula is C28H28ClN3S. The van der Waals surface area contributed by atoms with E-state index in [9.17, 15) is 0 Å². The minimum atomic E-state index is 0.350. The van der Waals surface area contributed by atoms with Crippen LogP contribution in [-0.4, -0.2) is 23.1 Å². The standard InChI is InChI=1S/C28H28ClN3S/c29-28-30-26(32-14-12-20(13-15-32)16-19-6-2-1-3-7-19)25-24(18-33-27(25)31-28)23-11-10-21-8-4-5-9-22(21)17-23/h1-3,6-7,10-11,17-18,20H,4-5,8-9,12-16H2. The van der Waals surface area contributed by atoms with Crippen LogP contribution in [0.5, 0.6) is 0 Å². The first-order valence-electron chi connectivity index (χ1n) is 12.1. The van der Waals surface area contributed by atoms with E-state index in [2.05, 4.69) is 63.8 Å². The maximum absolute atomic E-state index is 6.39. The Morgan fingerprint density at radius 3 is 2.55 bits per heavy atom. The molecule has 0 amide bonds. The lowest BCUT2D eigenvalue weighted by Crippen LogP contribution is -2.35. The Labute approximate surface area is 204 Å². The summed E-state index contributed by atoms with van der Waals surface area (Å²) < 4.78 is 0. The van der Waals surface area contributed by atoms with Gasteiger partial charge in [0, 0.05) is 24.0 Å². The predicted octanol–water partition coefficient (Wildman–Crippen LogP) is 7.35. The van der Waals surface area contributed by atoms with Crippen LogP contribution in [-0.2, 0) is 19.3 Å². The molecule has 33 heavy (non-hydrogen) atoms. The monoisotopic (exact) mass is 473 g/mol. The van der Waals surface area contributed by atoms with E-state index in [4.69, 9.17) is 16.6 Å². The van der Waals surface area contributed by atoms with Crippen LogP contribution >= 0.6 is 22.9 Å². The van der Waals surface area contributed by atoms with Gasteiger partial charge in [-0.05, 0) is 84.7 Å². The summed E-state index contributed by atoms with van der Waals surface area (Å²) in [5.74, 6) is 1.73. The quantitative estimate of drug-likeness (QED) is 0.290. The number of anilines is 1. The fourth-order valence-corrected chi connectivity index (χ4v) is 6.69. The van der Waals surface area contributed by atoms with Gasteiger partial charge in [-0.2, -0.15) is 4.98 Å². The number of fused-ring (bicyclic) bond motifs is 2. The van der Waals surface area contributed by atoms with E-state index < -0.39 is 0 Å². The number of hydrogen-bond acceptors (Lipinski definition) is 4. The summed E-state index contributed by atoms with van der Waals surface area (Å²) in [5, 5.41) is 3.76. The second kappa shape index (κ2) is 9.08. The van der Waals surface area contributed by atoms with Crippen LogP contribution in [0.15, 0.2) is 53.9 Å². The Hall–Kier alpha value is -2.43. The van der Waals surface area contributed by atoms with E-state index >= 15 is 0 Å². The Kier molecular flexibility index (Phi) is 5.81. The van der Waals surface area contributed by atoms with Gasteiger partial charge in [0.05, 0.1) is 5.39 Å². The molecule has 0 spiro atoms. The highest BCUT2D eigenvalue weighted by Crippen LogP contribution is 2.41. The van der Waals surface area contributed by atoms with E-state index in [1.54, 1.807) is 11.3 Å². The number of thiophene rings is 1. The van der Waals surface area contributed by atoms with Gasteiger partial charge >= 0.3 is 0 Å². The lowest BCUT2D eigenvalue weighted by Gasteiger charge is -2.33. The summed E-state index contributed by atoms with van der Waals surface area (Å²) in [7, 11) is 0. The van der Waals surface area contributed by atoms with Crippen molar-refractivity contribution in [1.29, 1.82) is 0 Å². The zero-order chi connectivity index (χ0) is 22.2. The minimum absolute atomic E-state index is 0.350. The van der Waals surface area contributed by atoms with Gasteiger partial charge in [-0.1, -0.05) is 48.5 Å². The Morgan fingerprint density at radius 2 is 1.73 bits per heavy atom. The number of hydrogen-bond donors (Lipinski definition) is 0. The maximum atomic E-state index is 6.39. The number of benzene rings is 2. The number of aryl methyl sites for hydroxylation is 2. The molecular weight excluding hydrogens is 446 g/mol. The third-order valence-corrected chi connectivity index (χ3v) is 8.37. The average molecular weight is 474 g/mol. The van der Waals surface area contributed by atoms with Gasteiger partial charge in [-0.15, -0.1) is 11.3 Å². The summed E-state index contributed by atoms with van der Waals surface area (Å²) in [6.07, 6.45) is 8.52. The Balaban J connectivity index is 1.30. The van der Waals surface area contributed by atoms with Crippen molar-refractivity contribution in [3.05, 3.63) is 75.9 Å². The highest BCUT2D eigenvalue weighted by atomic mass is 35.5. The van der Waals surface area contributed by atoms with Crippen molar-refractivity contribution in [2.24, 2.45) is 5.92 Å². The summed E-state index contributed by atoms with van der Waals surface area (Å²) >= 11 is 8.07. The highest BCUT2D eigenvalue weighted by Gasteiger charge is 2.25. The van der Waals surface area contributed by atoms with Crippen molar-refractivity contribution in [3.63, 3.8) is 0 Å². The molecule has 0 unspecified atom stereocenters. The summed E-state index contributed by atoms with van der Waals surface area (Å²) in [6.45, 7) is 2.03. The molecule has 0 radical (unpaired) electrons. The van der Waals surface area contributed by atoms with Crippen molar-refractivity contribution >= 4 is 39.0 Å². The van der Waals surface area contributed by atoms with Gasteiger partial charge in [0.15, 0.2) is 0 Å². The second-order valence-electron chi connectivity index (χ2n) is 9.46. The highest BCUT2D eigenvalue weighted by molar-refractivity contribution is 7.17. The zero-order valence-electron chi connectivity index (χ0n) is 18.8. The minimum Gasteiger partial charge on any atom is -0.356 e. The van der Waals surface area contributed by atoms with Crippen LogP contribution in [0, 0.1) is 5.92 Å². The van der Waals surface area contributed by atoms with Crippen LogP contribution in [0.3, 0.4) is 0 Å². The van der Waals surface area contributed by atoms with Gasteiger partial charge in [-0.3, -0.25) is 0 Å². The molecule has 3 heterocycles. The third-order valence-electron chi connectivity index (χ3n) is 7.33. The SMILES string of the molecule is Clc1nc(N2CCC(Cc3ccccc3)CC2)c2c(-c3ccc4c(c3)CCCC4)csc2n1. The van der Waals surface area contributed by atoms with Gasteiger partial charge in [0.25, 0.3) is 0 Å². The van der Waals surface area contributed by atoms with Crippen LogP contribution in [0.2, 0.25) is 5.28 Å². The predicted molar refractivity (Wildman–Crippen MR) is 140 cm³/mol. The normalized spacial score (nSPS) is 16.8. The molecule has 2 aromatic carbocycles. The molecule has 1 aliphatic carbocycles. The number of nitrogens with zero attached hydrogens (tertiary/aromatic N) is 3. The number of halogens is 1. The van der Waals surface area contributed by atoms with E-state index in [0.29, 0.717) is 5.28 Å². The summed E-state index contributed by atoms with van der Waals surface area (Å²) in [5.41, 5.74) is 7.01. The first-order chi connectivity index (χ1) is 16.2. The Morgan fingerprint density at radius 1 is 0.939 bits per heavy atom. The fraction of sp³-hybridized carbons (Fsp3) is 0.357. The maximum Gasteiger partial charge on any atom is 0.225 e. The Bertz CT molecular complexity index is 1280. The molecule has 0 saturated carbocycles. The lowest BCUT2D eigenvalue weighted by molar-refractivity contribution is 0.403. The molecule has 5 heteroatoms. The zero-order valence-corrected chi connectivity index (χ0v) is 20.3. The van der Waals surface area contributed by atoms with Gasteiger partial charge in [0.1, 0.15) is 10.6 Å². The first kappa shape index (κ1) is 21.1. The van der Waals surface area contributed by atoms with E-state index in [1.807, 2.05) is 0 Å². The van der Waals surface area contributed by atoms with Crippen LogP contribution in [0.1, 0.15) is 42.4 Å². The number of rotatable bonds is 4. The number of piperidine rings is 1. The van der Waals surface area contributed by atoms with Crippen molar-refractivity contribution in [1.82, 2.24) is 9.97 Å². The van der Waals surface area contributed by atoms with Crippen molar-refractivity contribution in [3.8, 4) is 11.1 Å². The van der Waals surface area contributed by atoms with Crippen molar-refractivity contribution in [2.45, 2.75) is 44.9 Å². The molecule has 2 aromatic heterocycles. The molecule has 0 atom stereocenters. The molecule has 0 N–H and O–H groups in total. The molecule has 1 fully saturated rings. The van der Waals surface area contributed by atoms with Crippen molar-refractivity contribution < 1.29 is 0 Å². The lowest BCUT2D eigenvalue weighted by atomic mass is 9.89. The fourth-order valence-electron chi connectivity index (χ4n) is 5.54. The van der Waals surface area contributed by atoms with E-state index in [0.717, 1.165) is 36.1 Å². The first-order valence-corrected chi connectivity index (χ1v) is 13.4. The van der Waals surface area contributed by atoms with Gasteiger partial charge < -0.3 is 4.90 Å². The molecule has 3 nitrogen and oxygen atoms in total. The average Bonchev–Trinajstić information content (AvgIpc) is 3.28. The van der Waals surface area contributed by atoms with Gasteiger partial charge in [0.2, 0.25) is 5.28 Å². The van der Waals surface area contributed by atoms with E-state index in [-0.39, 0.29) is 0 Å². The summed E-state index contributed by atoms with van der Waals surface area (Å²) in [6, 6.07) is 17.9. The largest absolute Gasteiger partial charge is 0.356 e. The molecule has 1 saturated heterocycles. The second-order valence-corrected chi connectivity index (χ2v) is 10.7. The molecule has 6 rings (SSSR count). The third kappa shape index (κ3) is 4.27. The molecule has 4 aromatic rings. The smallest absolute Gasteiger partial charge is 0.225 e. The molecule has 0 bridgehead atoms. The van der Waals surface area contributed by atoms with Gasteiger partial charge in [-0.25, -0.2) is 4.98 Å².